The van der Waals surface area contributed by atoms with Crippen LogP contribution in [0.25, 0.3) is 6.08 Å². The molecule has 0 atom stereocenters. The highest BCUT2D eigenvalue weighted by Gasteiger charge is 2.05. The molecule has 0 aliphatic heterocycles. The molecule has 3 heteroatoms. The maximum atomic E-state index is 11.8. The van der Waals surface area contributed by atoms with Crippen LogP contribution in [0, 0.1) is 6.92 Å². The Morgan fingerprint density at radius 2 is 2.18 bits per heavy atom. The van der Waals surface area contributed by atoms with Gasteiger partial charge in [0.1, 0.15) is 11.5 Å². The van der Waals surface area contributed by atoms with E-state index < -0.39 is 0 Å². The van der Waals surface area contributed by atoms with Gasteiger partial charge in [0, 0.05) is 4.88 Å². The van der Waals surface area contributed by atoms with Crippen LogP contribution >= 0.6 is 11.3 Å². The van der Waals surface area contributed by atoms with Crippen molar-refractivity contribution in [2.24, 2.45) is 0 Å². The van der Waals surface area contributed by atoms with Crippen LogP contribution in [0.4, 0.5) is 0 Å². The second kappa shape index (κ2) is 5.15. The van der Waals surface area contributed by atoms with Gasteiger partial charge in [-0.1, -0.05) is 6.92 Å². The van der Waals surface area contributed by atoms with Crippen LogP contribution in [0.2, 0.25) is 0 Å². The second-order valence-corrected chi connectivity index (χ2v) is 4.93. The third-order valence-corrected chi connectivity index (χ3v) is 3.66. The Hall–Kier alpha value is -1.61. The number of carbonyl (C=O) groups excluding carboxylic acids is 1. The summed E-state index contributed by atoms with van der Waals surface area (Å²) >= 11 is 1.55. The average Bonchev–Trinajstić information content (AvgIpc) is 2.94. The second-order valence-electron chi connectivity index (χ2n) is 3.77. The van der Waals surface area contributed by atoms with Crippen LogP contribution in [0.3, 0.4) is 0 Å². The van der Waals surface area contributed by atoms with Crippen molar-refractivity contribution in [2.45, 2.75) is 20.3 Å². The average molecular weight is 246 g/mol. The van der Waals surface area contributed by atoms with Crippen molar-refractivity contribution in [2.75, 3.05) is 0 Å². The Morgan fingerprint density at radius 1 is 1.35 bits per heavy atom. The molecule has 0 aromatic carbocycles. The predicted molar refractivity (Wildman–Crippen MR) is 70.5 cm³/mol. The Morgan fingerprint density at radius 3 is 2.76 bits per heavy atom. The summed E-state index contributed by atoms with van der Waals surface area (Å²) in [6.45, 7) is 3.97. The van der Waals surface area contributed by atoms with Crippen LogP contribution in [-0.2, 0) is 6.42 Å². The highest BCUT2D eigenvalue weighted by atomic mass is 32.1. The van der Waals surface area contributed by atoms with E-state index in [0.717, 1.165) is 17.1 Å². The maximum Gasteiger partial charge on any atom is 0.195 e. The summed E-state index contributed by atoms with van der Waals surface area (Å²) in [4.78, 5) is 13.8. The van der Waals surface area contributed by atoms with E-state index in [4.69, 9.17) is 4.42 Å². The van der Waals surface area contributed by atoms with E-state index in [1.165, 1.54) is 4.88 Å². The number of furan rings is 1. The number of rotatable bonds is 4. The Labute approximate surface area is 105 Å². The summed E-state index contributed by atoms with van der Waals surface area (Å²) in [5.74, 6) is 1.59. The summed E-state index contributed by atoms with van der Waals surface area (Å²) in [5, 5.41) is 0. The van der Waals surface area contributed by atoms with Gasteiger partial charge >= 0.3 is 0 Å². The van der Waals surface area contributed by atoms with Crippen molar-refractivity contribution in [3.8, 4) is 0 Å². The molecule has 0 spiro atoms. The first kappa shape index (κ1) is 11.9. The van der Waals surface area contributed by atoms with Crippen LogP contribution in [0.5, 0.6) is 0 Å². The van der Waals surface area contributed by atoms with Gasteiger partial charge in [0.2, 0.25) is 0 Å². The van der Waals surface area contributed by atoms with E-state index in [1.807, 2.05) is 31.2 Å². The molecule has 0 unspecified atom stereocenters. The molecule has 0 fully saturated rings. The number of aryl methyl sites for hydroxylation is 2. The van der Waals surface area contributed by atoms with Gasteiger partial charge in [-0.3, -0.25) is 4.79 Å². The van der Waals surface area contributed by atoms with Gasteiger partial charge in [-0.25, -0.2) is 0 Å². The molecule has 88 valence electrons. The molecular formula is C14H14O2S. The lowest BCUT2D eigenvalue weighted by Crippen LogP contribution is -1.88. The zero-order chi connectivity index (χ0) is 12.3. The number of ketones is 1. The number of hydrogen-bond acceptors (Lipinski definition) is 3. The van der Waals surface area contributed by atoms with E-state index in [0.29, 0.717) is 5.76 Å². The fraction of sp³-hybridized carbons (Fsp3) is 0.214. The molecule has 2 heterocycles. The van der Waals surface area contributed by atoms with Crippen LogP contribution < -0.4 is 0 Å². The first-order valence-corrected chi connectivity index (χ1v) is 6.38. The van der Waals surface area contributed by atoms with Crippen molar-refractivity contribution in [1.29, 1.82) is 0 Å². The molecule has 0 saturated carbocycles. The normalized spacial score (nSPS) is 11.2. The molecule has 0 radical (unpaired) electrons. The third-order valence-electron chi connectivity index (χ3n) is 2.41. The molecule has 0 amide bonds. The van der Waals surface area contributed by atoms with Crippen molar-refractivity contribution in [1.82, 2.24) is 0 Å². The molecule has 2 aromatic rings. The quantitative estimate of drug-likeness (QED) is 0.600. The van der Waals surface area contributed by atoms with Gasteiger partial charge in [-0.15, -0.1) is 11.3 Å². The molecule has 2 aromatic heterocycles. The monoisotopic (exact) mass is 246 g/mol. The van der Waals surface area contributed by atoms with E-state index in [-0.39, 0.29) is 5.78 Å². The highest BCUT2D eigenvalue weighted by molar-refractivity contribution is 7.14. The minimum absolute atomic E-state index is 0.0313. The van der Waals surface area contributed by atoms with E-state index in [9.17, 15) is 4.79 Å². The number of thiophene rings is 1. The molecule has 2 rings (SSSR count). The van der Waals surface area contributed by atoms with Gasteiger partial charge < -0.3 is 4.42 Å². The summed E-state index contributed by atoms with van der Waals surface area (Å²) in [5.41, 5.74) is 0. The van der Waals surface area contributed by atoms with Crippen molar-refractivity contribution in [3.05, 3.63) is 51.6 Å². The van der Waals surface area contributed by atoms with Gasteiger partial charge in [0.25, 0.3) is 0 Å². The molecule has 0 bridgehead atoms. The van der Waals surface area contributed by atoms with E-state index >= 15 is 0 Å². The number of hydrogen-bond donors (Lipinski definition) is 0. The van der Waals surface area contributed by atoms with Crippen LogP contribution in [-0.4, -0.2) is 5.78 Å². The van der Waals surface area contributed by atoms with Gasteiger partial charge in [0.05, 0.1) is 4.88 Å². The number of carbonyl (C=O) groups is 1. The zero-order valence-corrected chi connectivity index (χ0v) is 10.7. The maximum absolute atomic E-state index is 11.8. The van der Waals surface area contributed by atoms with Gasteiger partial charge in [-0.2, -0.15) is 0 Å². The summed E-state index contributed by atoms with van der Waals surface area (Å²) in [7, 11) is 0. The topological polar surface area (TPSA) is 30.2 Å². The summed E-state index contributed by atoms with van der Waals surface area (Å²) in [6, 6.07) is 7.61. The van der Waals surface area contributed by atoms with Crippen LogP contribution in [0.1, 0.15) is 33.0 Å². The predicted octanol–water partition coefficient (Wildman–Crippen LogP) is 4.11. The smallest absolute Gasteiger partial charge is 0.195 e. The molecule has 17 heavy (non-hydrogen) atoms. The van der Waals surface area contributed by atoms with Crippen molar-refractivity contribution < 1.29 is 9.21 Å². The lowest BCUT2D eigenvalue weighted by Gasteiger charge is -1.88. The molecular weight excluding hydrogens is 232 g/mol. The minimum atomic E-state index is 0.0313. The summed E-state index contributed by atoms with van der Waals surface area (Å²) in [6.07, 6.45) is 4.24. The number of allylic oxidation sites excluding steroid dienone is 1. The SMILES string of the molecule is CCc1ccc(C(=O)/C=C/c2ccc(C)o2)s1. The highest BCUT2D eigenvalue weighted by Crippen LogP contribution is 2.18. The van der Waals surface area contributed by atoms with E-state index in [2.05, 4.69) is 6.92 Å². The molecule has 0 aliphatic carbocycles. The molecule has 0 N–H and O–H groups in total. The molecule has 0 aliphatic rings. The van der Waals surface area contributed by atoms with Crippen molar-refractivity contribution in [3.63, 3.8) is 0 Å². The third kappa shape index (κ3) is 2.94. The largest absolute Gasteiger partial charge is 0.462 e. The molecule has 0 saturated heterocycles. The summed E-state index contributed by atoms with van der Waals surface area (Å²) < 4.78 is 5.36. The lowest BCUT2D eigenvalue weighted by molar-refractivity contribution is 0.105. The first-order chi connectivity index (χ1) is 8.19. The fourth-order valence-corrected chi connectivity index (χ4v) is 2.35. The molecule has 2 nitrogen and oxygen atoms in total. The Balaban J connectivity index is 2.08. The first-order valence-electron chi connectivity index (χ1n) is 5.56. The minimum Gasteiger partial charge on any atom is -0.462 e. The van der Waals surface area contributed by atoms with Crippen molar-refractivity contribution >= 4 is 23.2 Å². The van der Waals surface area contributed by atoms with Gasteiger partial charge in [0.15, 0.2) is 5.78 Å². The zero-order valence-electron chi connectivity index (χ0n) is 9.90. The standard InChI is InChI=1S/C14H14O2S/c1-3-12-7-9-14(17-12)13(15)8-6-11-5-4-10(2)16-11/h4-9H,3H2,1-2H3/b8-6+. The van der Waals surface area contributed by atoms with Crippen LogP contribution in [0.15, 0.2) is 34.8 Å². The fourth-order valence-electron chi connectivity index (χ4n) is 1.48. The van der Waals surface area contributed by atoms with Gasteiger partial charge in [-0.05, 0) is 49.8 Å². The lowest BCUT2D eigenvalue weighted by atomic mass is 10.2. The Bertz CT molecular complexity index is 546. The van der Waals surface area contributed by atoms with E-state index in [1.54, 1.807) is 23.5 Å². The Kier molecular flexibility index (Phi) is 3.59.